The summed E-state index contributed by atoms with van der Waals surface area (Å²) in [6.07, 6.45) is 2.45. The van der Waals surface area contributed by atoms with Crippen molar-refractivity contribution in [3.63, 3.8) is 0 Å². The molecule has 1 aromatic rings. The second-order valence-corrected chi connectivity index (χ2v) is 6.20. The number of nitrogens with one attached hydrogen (secondary N) is 2. The fourth-order valence-electron chi connectivity index (χ4n) is 2.85. The average molecular weight is 331 g/mol. The van der Waals surface area contributed by atoms with Crippen LogP contribution in [-0.4, -0.2) is 42.4 Å². The number of nitrogens with zero attached hydrogens (tertiary/aromatic N) is 1. The minimum Gasteiger partial charge on any atom is -0.470 e. The fourth-order valence-corrected chi connectivity index (χ4v) is 2.85. The van der Waals surface area contributed by atoms with Gasteiger partial charge in [0.05, 0.1) is 6.42 Å². The van der Waals surface area contributed by atoms with Gasteiger partial charge in [-0.25, -0.2) is 0 Å². The first-order valence-corrected chi connectivity index (χ1v) is 8.15. The third-order valence-corrected chi connectivity index (χ3v) is 4.32. The first-order valence-electron chi connectivity index (χ1n) is 8.15. The van der Waals surface area contributed by atoms with Gasteiger partial charge in [0.2, 0.25) is 17.7 Å². The van der Waals surface area contributed by atoms with Crippen LogP contribution in [0.25, 0.3) is 0 Å². The molecule has 0 bridgehead atoms. The molecular formula is C17H21N3O4. The lowest BCUT2D eigenvalue weighted by atomic mass is 10.0. The lowest BCUT2D eigenvalue weighted by molar-refractivity contribution is -0.139. The number of likely N-dealkylation sites (tertiary alicyclic amines) is 1. The van der Waals surface area contributed by atoms with E-state index in [0.29, 0.717) is 30.8 Å². The van der Waals surface area contributed by atoms with Crippen LogP contribution >= 0.6 is 0 Å². The van der Waals surface area contributed by atoms with Crippen molar-refractivity contribution < 1.29 is 19.1 Å². The molecule has 3 rings (SSSR count). The molecule has 0 radical (unpaired) electrons. The van der Waals surface area contributed by atoms with Gasteiger partial charge in [-0.1, -0.05) is 6.42 Å². The summed E-state index contributed by atoms with van der Waals surface area (Å²) in [5.74, 6) is -0.428. The lowest BCUT2D eigenvalue weighted by Gasteiger charge is -2.27. The zero-order chi connectivity index (χ0) is 17.1. The number of β-lactam (4-membered cyclic amide) rings is 1. The molecule has 0 saturated carbocycles. The highest BCUT2D eigenvalue weighted by Crippen LogP contribution is 2.22. The van der Waals surface area contributed by atoms with E-state index >= 15 is 0 Å². The summed E-state index contributed by atoms with van der Waals surface area (Å²) in [5, 5.41) is 5.42. The molecular weight excluding hydrogens is 310 g/mol. The van der Waals surface area contributed by atoms with E-state index in [1.54, 1.807) is 36.2 Å². The van der Waals surface area contributed by atoms with E-state index in [1.807, 2.05) is 0 Å². The summed E-state index contributed by atoms with van der Waals surface area (Å²) in [5.41, 5.74) is 0.615. The Hall–Kier alpha value is -2.57. The van der Waals surface area contributed by atoms with Crippen LogP contribution in [0.5, 0.6) is 5.75 Å². The molecule has 2 heterocycles. The van der Waals surface area contributed by atoms with Crippen molar-refractivity contribution in [2.75, 3.05) is 18.9 Å². The Kier molecular flexibility index (Phi) is 4.69. The second kappa shape index (κ2) is 6.90. The predicted molar refractivity (Wildman–Crippen MR) is 87.2 cm³/mol. The van der Waals surface area contributed by atoms with Crippen molar-refractivity contribution in [3.8, 4) is 5.75 Å². The van der Waals surface area contributed by atoms with Crippen LogP contribution in [0, 0.1) is 5.92 Å². The zero-order valence-electron chi connectivity index (χ0n) is 13.6. The summed E-state index contributed by atoms with van der Waals surface area (Å²) in [7, 11) is 1.74. The van der Waals surface area contributed by atoms with E-state index in [0.717, 1.165) is 12.8 Å². The summed E-state index contributed by atoms with van der Waals surface area (Å²) >= 11 is 0. The van der Waals surface area contributed by atoms with Crippen molar-refractivity contribution >= 4 is 23.4 Å². The molecule has 7 nitrogen and oxygen atoms in total. The van der Waals surface area contributed by atoms with Crippen LogP contribution in [-0.2, 0) is 14.4 Å². The predicted octanol–water partition coefficient (Wildman–Crippen LogP) is 1.11. The van der Waals surface area contributed by atoms with E-state index in [9.17, 15) is 14.4 Å². The molecule has 2 aliphatic heterocycles. The number of carbonyl (C=O) groups excluding carboxylic acids is 3. The van der Waals surface area contributed by atoms with Crippen LogP contribution < -0.4 is 15.4 Å². The Balaban J connectivity index is 1.57. The molecule has 2 atom stereocenters. The Morgan fingerprint density at radius 1 is 1.25 bits per heavy atom. The van der Waals surface area contributed by atoms with Crippen molar-refractivity contribution in [1.82, 2.24) is 10.2 Å². The highest BCUT2D eigenvalue weighted by atomic mass is 16.5. The molecule has 7 heteroatoms. The van der Waals surface area contributed by atoms with Gasteiger partial charge in [-0.2, -0.15) is 0 Å². The smallest absolute Gasteiger partial charge is 0.236 e. The van der Waals surface area contributed by atoms with Gasteiger partial charge in [-0.15, -0.1) is 0 Å². The van der Waals surface area contributed by atoms with Crippen LogP contribution in [0.15, 0.2) is 24.3 Å². The first kappa shape index (κ1) is 16.3. The standard InChI is InChI=1S/C17H21N3O4/c1-20-9-3-2-4-13(17(20)23)16(22)18-11-5-7-12(8-6-11)24-15-10-14(21)19-15/h5-8,13,15H,2-4,9-10H2,1H3,(H,18,22)(H,19,21). The number of hydrogen-bond acceptors (Lipinski definition) is 4. The third-order valence-electron chi connectivity index (χ3n) is 4.32. The molecule has 2 fully saturated rings. The highest BCUT2D eigenvalue weighted by molar-refractivity contribution is 6.06. The first-order chi connectivity index (χ1) is 11.5. The monoisotopic (exact) mass is 331 g/mol. The largest absolute Gasteiger partial charge is 0.470 e. The quantitative estimate of drug-likeness (QED) is 0.639. The molecule has 1 aromatic carbocycles. The Labute approximate surface area is 140 Å². The number of ether oxygens (including phenoxy) is 1. The Morgan fingerprint density at radius 2 is 1.96 bits per heavy atom. The van der Waals surface area contributed by atoms with Crippen LogP contribution in [0.3, 0.4) is 0 Å². The van der Waals surface area contributed by atoms with E-state index in [2.05, 4.69) is 10.6 Å². The minimum absolute atomic E-state index is 0.0260. The number of carbonyl (C=O) groups is 3. The molecule has 0 spiro atoms. The normalized spacial score (nSPS) is 23.8. The maximum atomic E-state index is 12.4. The van der Waals surface area contributed by atoms with Gasteiger partial charge in [-0.3, -0.25) is 14.4 Å². The molecule has 2 N–H and O–H groups in total. The van der Waals surface area contributed by atoms with Crippen molar-refractivity contribution in [3.05, 3.63) is 24.3 Å². The van der Waals surface area contributed by atoms with Gasteiger partial charge in [0.15, 0.2) is 6.23 Å². The number of hydrogen-bond donors (Lipinski definition) is 2. The topological polar surface area (TPSA) is 87.7 Å². The number of rotatable bonds is 4. The molecule has 128 valence electrons. The second-order valence-electron chi connectivity index (χ2n) is 6.20. The molecule has 0 aliphatic carbocycles. The highest BCUT2D eigenvalue weighted by Gasteiger charge is 2.31. The number of amides is 3. The van der Waals surface area contributed by atoms with Gasteiger partial charge >= 0.3 is 0 Å². The fraction of sp³-hybridized carbons (Fsp3) is 0.471. The maximum Gasteiger partial charge on any atom is 0.236 e. The zero-order valence-corrected chi connectivity index (χ0v) is 13.6. The maximum absolute atomic E-state index is 12.4. The van der Waals surface area contributed by atoms with E-state index in [1.165, 1.54) is 0 Å². The lowest BCUT2D eigenvalue weighted by Crippen LogP contribution is -2.51. The summed E-state index contributed by atoms with van der Waals surface area (Å²) < 4.78 is 5.54. The average Bonchev–Trinajstić information content (AvgIpc) is 2.70. The summed E-state index contributed by atoms with van der Waals surface area (Å²) in [6.45, 7) is 0.701. The summed E-state index contributed by atoms with van der Waals surface area (Å²) in [4.78, 5) is 37.1. The van der Waals surface area contributed by atoms with Gasteiger partial charge in [0.25, 0.3) is 0 Å². The van der Waals surface area contributed by atoms with Gasteiger partial charge < -0.3 is 20.3 Å². The third kappa shape index (κ3) is 3.67. The molecule has 0 aromatic heterocycles. The van der Waals surface area contributed by atoms with Crippen LogP contribution in [0.1, 0.15) is 25.7 Å². The van der Waals surface area contributed by atoms with E-state index in [4.69, 9.17) is 4.74 Å². The van der Waals surface area contributed by atoms with Crippen LogP contribution in [0.4, 0.5) is 5.69 Å². The molecule has 2 saturated heterocycles. The van der Waals surface area contributed by atoms with Gasteiger partial charge in [0.1, 0.15) is 11.7 Å². The Morgan fingerprint density at radius 3 is 2.62 bits per heavy atom. The molecule has 3 amide bonds. The van der Waals surface area contributed by atoms with Gasteiger partial charge in [0, 0.05) is 19.3 Å². The van der Waals surface area contributed by atoms with Crippen molar-refractivity contribution in [2.45, 2.75) is 31.9 Å². The van der Waals surface area contributed by atoms with E-state index < -0.39 is 5.92 Å². The number of benzene rings is 1. The van der Waals surface area contributed by atoms with Crippen LogP contribution in [0.2, 0.25) is 0 Å². The Bertz CT molecular complexity index is 636. The van der Waals surface area contributed by atoms with E-state index in [-0.39, 0.29) is 23.9 Å². The SMILES string of the molecule is CN1CCCCC(C(=O)Nc2ccc(OC3CC(=O)N3)cc2)C1=O. The van der Waals surface area contributed by atoms with Crippen molar-refractivity contribution in [1.29, 1.82) is 0 Å². The number of anilines is 1. The molecule has 2 unspecified atom stereocenters. The molecule has 24 heavy (non-hydrogen) atoms. The summed E-state index contributed by atoms with van der Waals surface area (Å²) in [6, 6.07) is 6.89. The molecule has 2 aliphatic rings. The van der Waals surface area contributed by atoms with Crippen molar-refractivity contribution in [2.24, 2.45) is 5.92 Å². The minimum atomic E-state index is -0.626. The van der Waals surface area contributed by atoms with Gasteiger partial charge in [-0.05, 0) is 37.1 Å².